The molecule has 0 aromatic heterocycles. The van der Waals surface area contributed by atoms with E-state index in [1.807, 2.05) is 0 Å². The van der Waals surface area contributed by atoms with Crippen molar-refractivity contribution >= 4 is 5.91 Å². The van der Waals surface area contributed by atoms with E-state index in [2.05, 4.69) is 4.84 Å². The molecule has 1 rings (SSSR count). The van der Waals surface area contributed by atoms with E-state index in [0.717, 1.165) is 17.2 Å². The van der Waals surface area contributed by atoms with Crippen LogP contribution in [-0.4, -0.2) is 25.1 Å². The highest BCUT2D eigenvalue weighted by atomic mass is 19.4. The van der Waals surface area contributed by atoms with Gasteiger partial charge in [-0.2, -0.15) is 13.2 Å². The van der Waals surface area contributed by atoms with Gasteiger partial charge in [0.15, 0.2) is 0 Å². The van der Waals surface area contributed by atoms with Crippen LogP contribution in [0.4, 0.5) is 13.2 Å². The van der Waals surface area contributed by atoms with Crippen LogP contribution in [0.5, 0.6) is 0 Å². The van der Waals surface area contributed by atoms with Gasteiger partial charge in [-0.05, 0) is 12.1 Å². The minimum Gasteiger partial charge on any atom is -0.274 e. The van der Waals surface area contributed by atoms with Crippen LogP contribution in [0.25, 0.3) is 0 Å². The van der Waals surface area contributed by atoms with Crippen LogP contribution in [0.3, 0.4) is 0 Å². The molecule has 0 aliphatic rings. The fourth-order valence-electron chi connectivity index (χ4n) is 1.17. The van der Waals surface area contributed by atoms with Crippen molar-refractivity contribution in [3.05, 3.63) is 35.4 Å². The normalized spacial score (nSPS) is 11.3. The van der Waals surface area contributed by atoms with E-state index in [1.165, 1.54) is 26.3 Å². The number of rotatable bonds is 2. The van der Waals surface area contributed by atoms with E-state index in [9.17, 15) is 18.0 Å². The number of nitrogens with zero attached hydrogens (tertiary/aromatic N) is 1. The number of halogens is 3. The lowest BCUT2D eigenvalue weighted by molar-refractivity contribution is -0.138. The van der Waals surface area contributed by atoms with Crippen molar-refractivity contribution in [3.63, 3.8) is 0 Å². The molecule has 1 amide bonds. The van der Waals surface area contributed by atoms with Gasteiger partial charge in [0.25, 0.3) is 5.91 Å². The molecular weight excluding hydrogens is 223 g/mol. The van der Waals surface area contributed by atoms with Gasteiger partial charge in [-0.15, -0.1) is 0 Å². The van der Waals surface area contributed by atoms with Crippen molar-refractivity contribution in [1.82, 2.24) is 5.06 Å². The van der Waals surface area contributed by atoms with Gasteiger partial charge < -0.3 is 0 Å². The SMILES string of the molecule is CON(C)C(=O)c1ccccc1C(F)(F)F. The summed E-state index contributed by atoms with van der Waals surface area (Å²) in [6.45, 7) is 0. The van der Waals surface area contributed by atoms with Crippen LogP contribution >= 0.6 is 0 Å². The summed E-state index contributed by atoms with van der Waals surface area (Å²) >= 11 is 0. The number of hydrogen-bond acceptors (Lipinski definition) is 2. The number of benzene rings is 1. The van der Waals surface area contributed by atoms with Gasteiger partial charge in [0.2, 0.25) is 0 Å². The monoisotopic (exact) mass is 233 g/mol. The Bertz CT molecular complexity index is 390. The molecule has 0 unspecified atom stereocenters. The summed E-state index contributed by atoms with van der Waals surface area (Å²) in [5, 5.41) is 0.741. The first-order valence-electron chi connectivity index (χ1n) is 4.36. The number of carbonyl (C=O) groups excluding carboxylic acids is 1. The molecule has 0 spiro atoms. The van der Waals surface area contributed by atoms with Crippen LogP contribution in [0, 0.1) is 0 Å². The second-order valence-corrected chi connectivity index (χ2v) is 3.03. The number of hydroxylamine groups is 2. The molecule has 0 N–H and O–H groups in total. The first-order valence-corrected chi connectivity index (χ1v) is 4.36. The van der Waals surface area contributed by atoms with Crippen LogP contribution in [0.2, 0.25) is 0 Å². The van der Waals surface area contributed by atoms with Crippen molar-refractivity contribution in [1.29, 1.82) is 0 Å². The Morgan fingerprint density at radius 2 is 1.88 bits per heavy atom. The first-order chi connectivity index (χ1) is 7.38. The minimum atomic E-state index is -4.55. The molecule has 0 heterocycles. The third-order valence-electron chi connectivity index (χ3n) is 2.02. The van der Waals surface area contributed by atoms with Gasteiger partial charge in [0.05, 0.1) is 18.2 Å². The fourth-order valence-corrected chi connectivity index (χ4v) is 1.17. The summed E-state index contributed by atoms with van der Waals surface area (Å²) in [6.07, 6.45) is -4.55. The molecule has 6 heteroatoms. The van der Waals surface area contributed by atoms with E-state index in [0.29, 0.717) is 0 Å². The molecule has 0 saturated carbocycles. The van der Waals surface area contributed by atoms with Gasteiger partial charge in [0, 0.05) is 7.05 Å². The third kappa shape index (κ3) is 2.52. The zero-order valence-electron chi connectivity index (χ0n) is 8.71. The Kier molecular flexibility index (Phi) is 3.54. The van der Waals surface area contributed by atoms with Gasteiger partial charge in [-0.25, -0.2) is 5.06 Å². The van der Waals surface area contributed by atoms with Crippen molar-refractivity contribution in [2.75, 3.05) is 14.2 Å². The topological polar surface area (TPSA) is 29.5 Å². The van der Waals surface area contributed by atoms with E-state index in [1.54, 1.807) is 0 Å². The smallest absolute Gasteiger partial charge is 0.274 e. The zero-order chi connectivity index (χ0) is 12.3. The molecule has 88 valence electrons. The number of hydrogen-bond donors (Lipinski definition) is 0. The lowest BCUT2D eigenvalue weighted by Crippen LogP contribution is -2.27. The maximum atomic E-state index is 12.6. The molecule has 16 heavy (non-hydrogen) atoms. The predicted molar refractivity (Wildman–Crippen MR) is 50.5 cm³/mol. The standard InChI is InChI=1S/C10H10F3NO2/c1-14(16-2)9(15)7-5-3-4-6-8(7)10(11,12)13/h3-6H,1-2H3. The van der Waals surface area contributed by atoms with E-state index in [-0.39, 0.29) is 0 Å². The maximum Gasteiger partial charge on any atom is 0.417 e. The number of carbonyl (C=O) groups is 1. The molecule has 0 atom stereocenters. The van der Waals surface area contributed by atoms with Crippen molar-refractivity contribution in [3.8, 4) is 0 Å². The van der Waals surface area contributed by atoms with Crippen molar-refractivity contribution in [2.45, 2.75) is 6.18 Å². The molecule has 3 nitrogen and oxygen atoms in total. The van der Waals surface area contributed by atoms with Gasteiger partial charge in [-0.1, -0.05) is 12.1 Å². The summed E-state index contributed by atoms with van der Waals surface area (Å²) in [6, 6.07) is 4.57. The maximum absolute atomic E-state index is 12.6. The van der Waals surface area contributed by atoms with Crippen LogP contribution in [-0.2, 0) is 11.0 Å². The Labute approximate surface area is 90.4 Å². The number of amides is 1. The van der Waals surface area contributed by atoms with E-state index >= 15 is 0 Å². The molecule has 0 bridgehead atoms. The van der Waals surface area contributed by atoms with Crippen LogP contribution in [0.15, 0.2) is 24.3 Å². The predicted octanol–water partition coefficient (Wildman–Crippen LogP) is 2.34. The van der Waals surface area contributed by atoms with Crippen molar-refractivity contribution < 1.29 is 22.8 Å². The summed E-state index contributed by atoms with van der Waals surface area (Å²) in [5.74, 6) is -0.838. The Morgan fingerprint density at radius 1 is 1.31 bits per heavy atom. The van der Waals surface area contributed by atoms with Crippen LogP contribution < -0.4 is 0 Å². The summed E-state index contributed by atoms with van der Waals surface area (Å²) in [4.78, 5) is 16.1. The minimum absolute atomic E-state index is 0.431. The Balaban J connectivity index is 3.19. The van der Waals surface area contributed by atoms with Gasteiger partial charge in [0.1, 0.15) is 0 Å². The molecule has 1 aromatic carbocycles. The summed E-state index contributed by atoms with van der Waals surface area (Å²) in [7, 11) is 2.45. The highest BCUT2D eigenvalue weighted by Gasteiger charge is 2.35. The van der Waals surface area contributed by atoms with E-state index < -0.39 is 23.2 Å². The Morgan fingerprint density at radius 3 is 2.38 bits per heavy atom. The van der Waals surface area contributed by atoms with Crippen molar-refractivity contribution in [2.24, 2.45) is 0 Å². The second kappa shape index (κ2) is 4.52. The largest absolute Gasteiger partial charge is 0.417 e. The second-order valence-electron chi connectivity index (χ2n) is 3.03. The van der Waals surface area contributed by atoms with Gasteiger partial charge >= 0.3 is 6.18 Å². The molecular formula is C10H10F3NO2. The van der Waals surface area contributed by atoms with E-state index in [4.69, 9.17) is 0 Å². The highest BCUT2D eigenvalue weighted by Crippen LogP contribution is 2.32. The molecule has 0 aliphatic carbocycles. The molecule has 1 aromatic rings. The third-order valence-corrected chi connectivity index (χ3v) is 2.02. The average molecular weight is 233 g/mol. The van der Waals surface area contributed by atoms with Crippen LogP contribution in [0.1, 0.15) is 15.9 Å². The zero-order valence-corrected chi connectivity index (χ0v) is 8.71. The molecule has 0 radical (unpaired) electrons. The lowest BCUT2D eigenvalue weighted by Gasteiger charge is -2.17. The molecule has 0 fully saturated rings. The highest BCUT2D eigenvalue weighted by molar-refractivity contribution is 5.95. The lowest BCUT2D eigenvalue weighted by atomic mass is 10.1. The average Bonchev–Trinajstić information content (AvgIpc) is 2.26. The molecule has 0 saturated heterocycles. The fraction of sp³-hybridized carbons (Fsp3) is 0.300. The quantitative estimate of drug-likeness (QED) is 0.734. The first kappa shape index (κ1) is 12.5. The number of alkyl halides is 3. The molecule has 0 aliphatic heterocycles. The van der Waals surface area contributed by atoms with Gasteiger partial charge in [-0.3, -0.25) is 9.63 Å². The Hall–Kier alpha value is -1.56. The summed E-state index contributed by atoms with van der Waals surface area (Å²) in [5.41, 5.74) is -1.40. The summed E-state index contributed by atoms with van der Waals surface area (Å²) < 4.78 is 37.7.